The molecule has 0 aliphatic rings. The van der Waals surface area contributed by atoms with Crippen molar-refractivity contribution in [3.63, 3.8) is 0 Å². The maximum Gasteiger partial charge on any atom is 0.259 e. The molecule has 3 rings (SSSR count). The summed E-state index contributed by atoms with van der Waals surface area (Å²) in [4.78, 5) is 11.8. The Morgan fingerprint density at radius 2 is 1.84 bits per heavy atom. The van der Waals surface area contributed by atoms with Crippen LogP contribution in [0.1, 0.15) is 5.56 Å². The SMILES string of the molecule is O=C(CNc1ccc(F)cc1)N/N=C/c1c(O)ccc2ccccc12. The van der Waals surface area contributed by atoms with E-state index in [-0.39, 0.29) is 24.0 Å². The first-order valence-electron chi connectivity index (χ1n) is 7.65. The van der Waals surface area contributed by atoms with E-state index in [0.29, 0.717) is 11.3 Å². The Hall–Kier alpha value is -3.41. The number of hydrazone groups is 1. The third kappa shape index (κ3) is 4.11. The summed E-state index contributed by atoms with van der Waals surface area (Å²) in [5, 5.41) is 18.6. The van der Waals surface area contributed by atoms with Gasteiger partial charge in [-0.25, -0.2) is 9.82 Å². The van der Waals surface area contributed by atoms with Crippen LogP contribution in [0.25, 0.3) is 10.8 Å². The van der Waals surface area contributed by atoms with Crippen LogP contribution >= 0.6 is 0 Å². The molecule has 0 atom stereocenters. The summed E-state index contributed by atoms with van der Waals surface area (Å²) in [7, 11) is 0. The molecule has 6 heteroatoms. The quantitative estimate of drug-likeness (QED) is 0.494. The number of hydrogen-bond acceptors (Lipinski definition) is 4. The van der Waals surface area contributed by atoms with Crippen LogP contribution in [0.4, 0.5) is 10.1 Å². The number of halogens is 1. The summed E-state index contributed by atoms with van der Waals surface area (Å²) in [5.41, 5.74) is 3.55. The highest BCUT2D eigenvalue weighted by Gasteiger charge is 2.05. The van der Waals surface area contributed by atoms with Crippen molar-refractivity contribution in [3.8, 4) is 5.75 Å². The molecule has 0 fully saturated rings. The third-order valence-electron chi connectivity index (χ3n) is 3.63. The fourth-order valence-corrected chi connectivity index (χ4v) is 2.38. The smallest absolute Gasteiger partial charge is 0.259 e. The zero-order chi connectivity index (χ0) is 17.6. The molecule has 25 heavy (non-hydrogen) atoms. The van der Waals surface area contributed by atoms with E-state index in [0.717, 1.165) is 10.8 Å². The molecule has 3 N–H and O–H groups in total. The molecule has 0 bridgehead atoms. The van der Waals surface area contributed by atoms with Crippen molar-refractivity contribution in [2.45, 2.75) is 0 Å². The Bertz CT molecular complexity index is 924. The summed E-state index contributed by atoms with van der Waals surface area (Å²) >= 11 is 0. The van der Waals surface area contributed by atoms with Crippen LogP contribution in [0.5, 0.6) is 5.75 Å². The number of anilines is 1. The standard InChI is InChI=1S/C19H16FN3O2/c20-14-6-8-15(9-7-14)21-12-19(25)23-22-11-17-16-4-2-1-3-13(16)5-10-18(17)24/h1-11,21,24H,12H2,(H,23,25)/b22-11+. The maximum absolute atomic E-state index is 12.8. The highest BCUT2D eigenvalue weighted by molar-refractivity contribution is 6.02. The molecule has 0 saturated heterocycles. The van der Waals surface area contributed by atoms with Gasteiger partial charge in [0.15, 0.2) is 0 Å². The normalized spacial score (nSPS) is 10.9. The molecule has 0 aliphatic heterocycles. The highest BCUT2D eigenvalue weighted by atomic mass is 19.1. The molecule has 0 unspecified atom stereocenters. The van der Waals surface area contributed by atoms with Gasteiger partial charge in [0.05, 0.1) is 12.8 Å². The predicted octanol–water partition coefficient (Wildman–Crippen LogP) is 3.25. The average molecular weight is 337 g/mol. The minimum atomic E-state index is -0.361. The van der Waals surface area contributed by atoms with Gasteiger partial charge in [-0.15, -0.1) is 0 Å². The number of fused-ring (bicyclic) bond motifs is 1. The fourth-order valence-electron chi connectivity index (χ4n) is 2.38. The van der Waals surface area contributed by atoms with Crippen LogP contribution in [0.2, 0.25) is 0 Å². The Morgan fingerprint density at radius 3 is 2.64 bits per heavy atom. The van der Waals surface area contributed by atoms with E-state index in [1.165, 1.54) is 18.3 Å². The van der Waals surface area contributed by atoms with Gasteiger partial charge in [0, 0.05) is 11.3 Å². The first-order valence-corrected chi connectivity index (χ1v) is 7.65. The number of hydrogen-bond donors (Lipinski definition) is 3. The van der Waals surface area contributed by atoms with Gasteiger partial charge in [0.1, 0.15) is 11.6 Å². The van der Waals surface area contributed by atoms with E-state index in [2.05, 4.69) is 15.8 Å². The lowest BCUT2D eigenvalue weighted by Crippen LogP contribution is -2.25. The van der Waals surface area contributed by atoms with E-state index < -0.39 is 0 Å². The number of phenolic OH excluding ortho intramolecular Hbond substituents is 1. The van der Waals surface area contributed by atoms with Gasteiger partial charge in [-0.3, -0.25) is 4.79 Å². The van der Waals surface area contributed by atoms with Gasteiger partial charge in [-0.2, -0.15) is 5.10 Å². The lowest BCUT2D eigenvalue weighted by Gasteiger charge is -2.06. The monoisotopic (exact) mass is 337 g/mol. The lowest BCUT2D eigenvalue weighted by atomic mass is 10.0. The number of benzene rings is 3. The van der Waals surface area contributed by atoms with E-state index in [4.69, 9.17) is 0 Å². The first-order chi connectivity index (χ1) is 12.1. The van der Waals surface area contributed by atoms with Gasteiger partial charge in [0.2, 0.25) is 0 Å². The Labute approximate surface area is 143 Å². The second-order valence-electron chi connectivity index (χ2n) is 5.37. The second kappa shape index (κ2) is 7.44. The summed E-state index contributed by atoms with van der Waals surface area (Å²) < 4.78 is 12.8. The van der Waals surface area contributed by atoms with Crippen LogP contribution in [0.3, 0.4) is 0 Å². The molecular weight excluding hydrogens is 321 g/mol. The van der Waals surface area contributed by atoms with Crippen molar-refractivity contribution in [2.75, 3.05) is 11.9 Å². The molecule has 0 aliphatic carbocycles. The molecule has 126 valence electrons. The van der Waals surface area contributed by atoms with Crippen LogP contribution in [-0.4, -0.2) is 23.8 Å². The summed E-state index contributed by atoms with van der Waals surface area (Å²) in [5.74, 6) is -0.615. The van der Waals surface area contributed by atoms with Gasteiger partial charge in [0.25, 0.3) is 5.91 Å². The topological polar surface area (TPSA) is 73.7 Å². The molecule has 5 nitrogen and oxygen atoms in total. The zero-order valence-corrected chi connectivity index (χ0v) is 13.2. The minimum absolute atomic E-state index is 0.00943. The summed E-state index contributed by atoms with van der Waals surface area (Å²) in [6.45, 7) is -0.00943. The maximum atomic E-state index is 12.8. The molecule has 3 aromatic rings. The second-order valence-corrected chi connectivity index (χ2v) is 5.37. The molecule has 0 heterocycles. The third-order valence-corrected chi connectivity index (χ3v) is 3.63. The number of rotatable bonds is 5. The molecule has 3 aromatic carbocycles. The highest BCUT2D eigenvalue weighted by Crippen LogP contribution is 2.25. The van der Waals surface area contributed by atoms with Crippen molar-refractivity contribution in [1.82, 2.24) is 5.43 Å². The van der Waals surface area contributed by atoms with Crippen LogP contribution in [0, 0.1) is 5.82 Å². The number of nitrogens with zero attached hydrogens (tertiary/aromatic N) is 1. The number of amides is 1. The molecule has 0 spiro atoms. The Balaban J connectivity index is 1.62. The number of aromatic hydroxyl groups is 1. The van der Waals surface area contributed by atoms with Gasteiger partial charge < -0.3 is 10.4 Å². The molecule has 0 saturated carbocycles. The molecule has 0 radical (unpaired) electrons. The number of phenols is 1. The van der Waals surface area contributed by atoms with Crippen LogP contribution in [-0.2, 0) is 4.79 Å². The van der Waals surface area contributed by atoms with Crippen LogP contribution in [0.15, 0.2) is 65.8 Å². The van der Waals surface area contributed by atoms with Crippen molar-refractivity contribution in [1.29, 1.82) is 0 Å². The zero-order valence-electron chi connectivity index (χ0n) is 13.2. The van der Waals surface area contributed by atoms with Gasteiger partial charge in [-0.05, 0) is 41.1 Å². The molecule has 0 aromatic heterocycles. The summed E-state index contributed by atoms with van der Waals surface area (Å²) in [6.07, 6.45) is 1.41. The Kier molecular flexibility index (Phi) is 4.89. The average Bonchev–Trinajstić information content (AvgIpc) is 2.63. The number of carbonyl (C=O) groups excluding carboxylic acids is 1. The molecule has 1 amide bonds. The van der Waals surface area contributed by atoms with Crippen molar-refractivity contribution >= 4 is 28.6 Å². The van der Waals surface area contributed by atoms with Crippen molar-refractivity contribution in [3.05, 3.63) is 72.0 Å². The van der Waals surface area contributed by atoms with E-state index >= 15 is 0 Å². The van der Waals surface area contributed by atoms with Crippen molar-refractivity contribution in [2.24, 2.45) is 5.10 Å². The Morgan fingerprint density at radius 1 is 1.08 bits per heavy atom. The van der Waals surface area contributed by atoms with E-state index in [9.17, 15) is 14.3 Å². The predicted molar refractivity (Wildman–Crippen MR) is 96.2 cm³/mol. The fraction of sp³-hybridized carbons (Fsp3) is 0.0526. The summed E-state index contributed by atoms with van der Waals surface area (Å²) in [6, 6.07) is 16.7. The van der Waals surface area contributed by atoms with Gasteiger partial charge in [-0.1, -0.05) is 30.3 Å². The first kappa shape index (κ1) is 16.4. The number of nitrogens with one attached hydrogen (secondary N) is 2. The lowest BCUT2D eigenvalue weighted by molar-refractivity contribution is -0.119. The number of carbonyl (C=O) groups is 1. The van der Waals surface area contributed by atoms with E-state index in [1.54, 1.807) is 18.2 Å². The van der Waals surface area contributed by atoms with Crippen molar-refractivity contribution < 1.29 is 14.3 Å². The van der Waals surface area contributed by atoms with Gasteiger partial charge >= 0.3 is 0 Å². The minimum Gasteiger partial charge on any atom is -0.507 e. The molecular formula is C19H16FN3O2. The largest absolute Gasteiger partial charge is 0.507 e. The van der Waals surface area contributed by atoms with Crippen LogP contribution < -0.4 is 10.7 Å². The van der Waals surface area contributed by atoms with E-state index in [1.807, 2.05) is 30.3 Å².